The van der Waals surface area contributed by atoms with Crippen molar-refractivity contribution in [3.8, 4) is 0 Å². The average molecular weight is 346 g/mol. The molecule has 2 amide bonds. The number of hydrogen-bond acceptors (Lipinski definition) is 3. The van der Waals surface area contributed by atoms with Crippen LogP contribution < -0.4 is 0 Å². The molecule has 1 heterocycles. The molecule has 6 nitrogen and oxygen atoms in total. The molecule has 1 aromatic rings. The van der Waals surface area contributed by atoms with Gasteiger partial charge in [0.1, 0.15) is 6.54 Å². The van der Waals surface area contributed by atoms with Crippen molar-refractivity contribution >= 4 is 17.8 Å². The summed E-state index contributed by atoms with van der Waals surface area (Å²) >= 11 is 0. The first kappa shape index (κ1) is 19.0. The van der Waals surface area contributed by atoms with Crippen molar-refractivity contribution in [1.82, 2.24) is 9.80 Å². The number of benzene rings is 1. The maximum Gasteiger partial charge on any atom is 0.323 e. The van der Waals surface area contributed by atoms with Crippen LogP contribution in [-0.4, -0.2) is 58.9 Å². The fourth-order valence-corrected chi connectivity index (χ4v) is 3.41. The molecule has 136 valence electrons. The van der Waals surface area contributed by atoms with E-state index >= 15 is 0 Å². The Morgan fingerprint density at radius 1 is 1.20 bits per heavy atom. The van der Waals surface area contributed by atoms with Crippen LogP contribution >= 0.6 is 0 Å². The second-order valence-corrected chi connectivity index (χ2v) is 6.71. The molecule has 6 heteroatoms. The van der Waals surface area contributed by atoms with Crippen molar-refractivity contribution < 1.29 is 19.5 Å². The molecule has 0 bridgehead atoms. The minimum Gasteiger partial charge on any atom is -0.480 e. The van der Waals surface area contributed by atoms with E-state index in [1.54, 1.807) is 11.8 Å². The van der Waals surface area contributed by atoms with Gasteiger partial charge in [-0.25, -0.2) is 0 Å². The van der Waals surface area contributed by atoms with Crippen LogP contribution in [0.15, 0.2) is 18.2 Å². The Morgan fingerprint density at radius 2 is 1.84 bits per heavy atom. The van der Waals surface area contributed by atoms with Crippen LogP contribution in [0, 0.1) is 19.8 Å². The smallest absolute Gasteiger partial charge is 0.323 e. The first-order chi connectivity index (χ1) is 11.8. The number of likely N-dealkylation sites (N-methyl/N-ethyl adjacent to an activating group) is 1. The molecule has 0 radical (unpaired) electrons. The zero-order chi connectivity index (χ0) is 18.6. The summed E-state index contributed by atoms with van der Waals surface area (Å²) in [6.07, 6.45) is 1.43. The van der Waals surface area contributed by atoms with Gasteiger partial charge in [-0.05, 0) is 45.7 Å². The lowest BCUT2D eigenvalue weighted by Crippen LogP contribution is -2.47. The number of carboxylic acid groups (broad SMARTS) is 1. The van der Waals surface area contributed by atoms with Gasteiger partial charge in [-0.15, -0.1) is 0 Å². The molecule has 0 spiro atoms. The number of rotatable bonds is 5. The molecule has 2 rings (SSSR count). The third kappa shape index (κ3) is 4.81. The summed E-state index contributed by atoms with van der Waals surface area (Å²) in [6, 6.07) is 5.75. The molecular formula is C19H26N2O4. The van der Waals surface area contributed by atoms with Crippen LogP contribution in [0.4, 0.5) is 0 Å². The molecule has 1 N–H and O–H groups in total. The van der Waals surface area contributed by atoms with Gasteiger partial charge in [0.25, 0.3) is 5.91 Å². The van der Waals surface area contributed by atoms with Crippen LogP contribution in [-0.2, 0) is 9.59 Å². The van der Waals surface area contributed by atoms with Crippen LogP contribution in [0.2, 0.25) is 0 Å². The Bertz CT molecular complexity index is 651. The number of nitrogens with zero attached hydrogens (tertiary/aromatic N) is 2. The molecular weight excluding hydrogens is 320 g/mol. The van der Waals surface area contributed by atoms with E-state index in [4.69, 9.17) is 5.11 Å². The lowest BCUT2D eigenvalue weighted by molar-refractivity contribution is -0.146. The largest absolute Gasteiger partial charge is 0.480 e. The van der Waals surface area contributed by atoms with Crippen LogP contribution in [0.5, 0.6) is 0 Å². The topological polar surface area (TPSA) is 77.9 Å². The van der Waals surface area contributed by atoms with Gasteiger partial charge in [0, 0.05) is 25.2 Å². The fraction of sp³-hybridized carbons (Fsp3) is 0.526. The standard InChI is InChI=1S/C19H26N2O4/c1-4-20(12-17(22)23)18(24)15-6-5-7-21(11-15)19(25)16-9-13(2)8-14(3)10-16/h8-10,15H,4-7,11-12H2,1-3H3,(H,22,23). The summed E-state index contributed by atoms with van der Waals surface area (Å²) in [5.41, 5.74) is 2.71. The normalized spacial score (nSPS) is 17.2. The predicted octanol–water partition coefficient (Wildman–Crippen LogP) is 2.09. The molecule has 1 aliphatic heterocycles. The monoisotopic (exact) mass is 346 g/mol. The Morgan fingerprint density at radius 3 is 2.40 bits per heavy atom. The third-order valence-electron chi connectivity index (χ3n) is 4.55. The van der Waals surface area contributed by atoms with Crippen molar-refractivity contribution in [3.05, 3.63) is 34.9 Å². The predicted molar refractivity (Wildman–Crippen MR) is 94.4 cm³/mol. The van der Waals surface area contributed by atoms with Crippen molar-refractivity contribution in [2.75, 3.05) is 26.2 Å². The number of carboxylic acids is 1. The Kier molecular flexibility index (Phi) is 6.17. The van der Waals surface area contributed by atoms with E-state index in [-0.39, 0.29) is 24.3 Å². The Balaban J connectivity index is 2.10. The summed E-state index contributed by atoms with van der Waals surface area (Å²) in [4.78, 5) is 39.4. The Hall–Kier alpha value is -2.37. The molecule has 1 aromatic carbocycles. The third-order valence-corrected chi connectivity index (χ3v) is 4.55. The lowest BCUT2D eigenvalue weighted by atomic mass is 9.95. The van der Waals surface area contributed by atoms with Crippen molar-refractivity contribution in [2.24, 2.45) is 5.92 Å². The maximum absolute atomic E-state index is 12.8. The molecule has 0 saturated carbocycles. The number of hydrogen-bond donors (Lipinski definition) is 1. The molecule has 0 aromatic heterocycles. The van der Waals surface area contributed by atoms with Crippen LogP contribution in [0.25, 0.3) is 0 Å². The highest BCUT2D eigenvalue weighted by molar-refractivity contribution is 5.95. The zero-order valence-corrected chi connectivity index (χ0v) is 15.1. The second kappa shape index (κ2) is 8.14. The van der Waals surface area contributed by atoms with Crippen molar-refractivity contribution in [2.45, 2.75) is 33.6 Å². The van der Waals surface area contributed by atoms with Gasteiger partial charge in [-0.1, -0.05) is 17.2 Å². The molecule has 0 aliphatic carbocycles. The number of aliphatic carboxylic acids is 1. The SMILES string of the molecule is CCN(CC(=O)O)C(=O)C1CCCN(C(=O)c2cc(C)cc(C)c2)C1. The van der Waals surface area contributed by atoms with Gasteiger partial charge in [-0.2, -0.15) is 0 Å². The van der Waals surface area contributed by atoms with Gasteiger partial charge < -0.3 is 14.9 Å². The minimum absolute atomic E-state index is 0.0643. The summed E-state index contributed by atoms with van der Waals surface area (Å²) < 4.78 is 0. The van der Waals surface area contributed by atoms with Gasteiger partial charge in [0.2, 0.25) is 5.91 Å². The van der Waals surface area contributed by atoms with E-state index in [0.717, 1.165) is 17.5 Å². The number of amides is 2. The van der Waals surface area contributed by atoms with Crippen molar-refractivity contribution in [1.29, 1.82) is 0 Å². The van der Waals surface area contributed by atoms with E-state index in [1.807, 2.05) is 32.0 Å². The maximum atomic E-state index is 12.8. The van der Waals surface area contributed by atoms with E-state index in [9.17, 15) is 14.4 Å². The first-order valence-electron chi connectivity index (χ1n) is 8.70. The van der Waals surface area contributed by atoms with Crippen LogP contribution in [0.3, 0.4) is 0 Å². The molecule has 1 atom stereocenters. The lowest BCUT2D eigenvalue weighted by Gasteiger charge is -2.34. The molecule has 1 fully saturated rings. The number of likely N-dealkylation sites (tertiary alicyclic amines) is 1. The Labute approximate surface area is 148 Å². The first-order valence-corrected chi connectivity index (χ1v) is 8.70. The summed E-state index contributed by atoms with van der Waals surface area (Å²) in [6.45, 7) is 6.71. The number of piperidine rings is 1. The molecule has 25 heavy (non-hydrogen) atoms. The highest BCUT2D eigenvalue weighted by Gasteiger charge is 2.31. The number of carbonyl (C=O) groups is 3. The van der Waals surface area contributed by atoms with Gasteiger partial charge in [-0.3, -0.25) is 14.4 Å². The highest BCUT2D eigenvalue weighted by atomic mass is 16.4. The van der Waals surface area contributed by atoms with E-state index in [1.165, 1.54) is 4.90 Å². The van der Waals surface area contributed by atoms with E-state index < -0.39 is 5.97 Å². The van der Waals surface area contributed by atoms with Crippen molar-refractivity contribution in [3.63, 3.8) is 0 Å². The van der Waals surface area contributed by atoms with Gasteiger partial charge in [0.05, 0.1) is 5.92 Å². The quantitative estimate of drug-likeness (QED) is 0.885. The van der Waals surface area contributed by atoms with E-state index in [0.29, 0.717) is 31.6 Å². The number of carbonyl (C=O) groups excluding carboxylic acids is 2. The van der Waals surface area contributed by atoms with Gasteiger partial charge >= 0.3 is 5.97 Å². The fourth-order valence-electron chi connectivity index (χ4n) is 3.41. The summed E-state index contributed by atoms with van der Waals surface area (Å²) in [5.74, 6) is -1.59. The summed E-state index contributed by atoms with van der Waals surface area (Å²) in [7, 11) is 0. The van der Waals surface area contributed by atoms with E-state index in [2.05, 4.69) is 0 Å². The average Bonchev–Trinajstić information content (AvgIpc) is 2.57. The zero-order valence-electron chi connectivity index (χ0n) is 15.1. The van der Waals surface area contributed by atoms with Crippen LogP contribution in [0.1, 0.15) is 41.3 Å². The minimum atomic E-state index is -1.02. The second-order valence-electron chi connectivity index (χ2n) is 6.71. The molecule has 1 saturated heterocycles. The highest BCUT2D eigenvalue weighted by Crippen LogP contribution is 2.21. The molecule has 1 aliphatic rings. The number of aryl methyl sites for hydroxylation is 2. The van der Waals surface area contributed by atoms with Gasteiger partial charge in [0.15, 0.2) is 0 Å². The summed E-state index contributed by atoms with van der Waals surface area (Å²) in [5, 5.41) is 8.94. The molecule has 1 unspecified atom stereocenters.